The highest BCUT2D eigenvalue weighted by molar-refractivity contribution is 7.92. The highest BCUT2D eigenvalue weighted by Crippen LogP contribution is 2.16. The van der Waals surface area contributed by atoms with E-state index in [2.05, 4.69) is 10.3 Å². The van der Waals surface area contributed by atoms with E-state index in [0.717, 1.165) is 21.8 Å². The Hall–Kier alpha value is -3.13. The van der Waals surface area contributed by atoms with Crippen LogP contribution < -0.4 is 9.62 Å². The molecule has 0 aliphatic rings. The number of para-hydroxylation sites is 1. The molecule has 3 aromatic rings. The number of amides is 1. The second-order valence-electron chi connectivity index (χ2n) is 6.02. The van der Waals surface area contributed by atoms with E-state index in [1.807, 2.05) is 35.0 Å². The number of nitrogens with zero attached hydrogens (tertiary/aromatic N) is 3. The summed E-state index contributed by atoms with van der Waals surface area (Å²) in [5.74, 6) is -0.372. The van der Waals surface area contributed by atoms with Gasteiger partial charge in [0, 0.05) is 24.6 Å². The second-order valence-corrected chi connectivity index (χ2v) is 7.93. The van der Waals surface area contributed by atoms with Crippen molar-refractivity contribution in [1.82, 2.24) is 14.9 Å². The van der Waals surface area contributed by atoms with Crippen LogP contribution in [-0.2, 0) is 21.4 Å². The molecule has 0 saturated heterocycles. The van der Waals surface area contributed by atoms with Gasteiger partial charge in [-0.25, -0.2) is 13.4 Å². The van der Waals surface area contributed by atoms with Gasteiger partial charge in [-0.05, 0) is 29.8 Å². The standard InChI is InChI=1S/C19H20N4O3S/c1-27(25,26)23(18-5-3-2-4-6-18)14-19(24)21-13-16-7-9-17(10-8-16)22-12-11-20-15-22/h2-12,15H,13-14H2,1H3,(H,21,24). The summed E-state index contributed by atoms with van der Waals surface area (Å²) in [6, 6.07) is 16.2. The van der Waals surface area contributed by atoms with Gasteiger partial charge in [-0.2, -0.15) is 0 Å². The minimum atomic E-state index is -3.56. The monoisotopic (exact) mass is 384 g/mol. The first-order valence-corrected chi connectivity index (χ1v) is 10.1. The molecule has 27 heavy (non-hydrogen) atoms. The van der Waals surface area contributed by atoms with Crippen LogP contribution in [0.25, 0.3) is 5.69 Å². The van der Waals surface area contributed by atoms with Gasteiger partial charge in [0.25, 0.3) is 0 Å². The van der Waals surface area contributed by atoms with Gasteiger partial charge in [0.1, 0.15) is 6.54 Å². The summed E-state index contributed by atoms with van der Waals surface area (Å²) in [5, 5.41) is 2.76. The summed E-state index contributed by atoms with van der Waals surface area (Å²) < 4.78 is 27.0. The van der Waals surface area contributed by atoms with Gasteiger partial charge < -0.3 is 9.88 Å². The van der Waals surface area contributed by atoms with Crippen LogP contribution in [0.5, 0.6) is 0 Å². The molecule has 2 aromatic carbocycles. The van der Waals surface area contributed by atoms with Gasteiger partial charge in [0.15, 0.2) is 0 Å². The first-order valence-electron chi connectivity index (χ1n) is 8.30. The van der Waals surface area contributed by atoms with Crippen molar-refractivity contribution in [2.75, 3.05) is 17.1 Å². The number of benzene rings is 2. The lowest BCUT2D eigenvalue weighted by Crippen LogP contribution is -2.40. The Balaban J connectivity index is 1.61. The molecule has 8 heteroatoms. The molecule has 1 N–H and O–H groups in total. The van der Waals surface area contributed by atoms with Crippen molar-refractivity contribution in [2.24, 2.45) is 0 Å². The lowest BCUT2D eigenvalue weighted by Gasteiger charge is -2.21. The maximum Gasteiger partial charge on any atom is 0.241 e. The fourth-order valence-corrected chi connectivity index (χ4v) is 3.44. The normalized spacial score (nSPS) is 11.1. The number of hydrogen-bond donors (Lipinski definition) is 1. The number of imidazole rings is 1. The number of carbonyl (C=O) groups is 1. The molecule has 0 radical (unpaired) electrons. The van der Waals surface area contributed by atoms with Crippen LogP contribution in [0, 0.1) is 0 Å². The van der Waals surface area contributed by atoms with Crippen molar-refractivity contribution in [1.29, 1.82) is 0 Å². The molecule has 140 valence electrons. The Labute approximate surface area is 158 Å². The summed E-state index contributed by atoms with van der Waals surface area (Å²) >= 11 is 0. The van der Waals surface area contributed by atoms with E-state index in [1.54, 1.807) is 42.9 Å². The van der Waals surface area contributed by atoms with Crippen LogP contribution in [0.15, 0.2) is 73.3 Å². The van der Waals surface area contributed by atoms with Crippen molar-refractivity contribution in [2.45, 2.75) is 6.54 Å². The van der Waals surface area contributed by atoms with Crippen LogP contribution in [0.2, 0.25) is 0 Å². The number of sulfonamides is 1. The lowest BCUT2D eigenvalue weighted by atomic mass is 10.2. The molecule has 3 rings (SSSR count). The Kier molecular flexibility index (Phi) is 5.56. The zero-order valence-corrected chi connectivity index (χ0v) is 15.6. The predicted molar refractivity (Wildman–Crippen MR) is 104 cm³/mol. The largest absolute Gasteiger partial charge is 0.350 e. The molecule has 1 amide bonds. The van der Waals surface area contributed by atoms with Gasteiger partial charge in [-0.1, -0.05) is 30.3 Å². The van der Waals surface area contributed by atoms with Crippen molar-refractivity contribution in [3.05, 3.63) is 78.9 Å². The van der Waals surface area contributed by atoms with E-state index >= 15 is 0 Å². The van der Waals surface area contributed by atoms with E-state index in [0.29, 0.717) is 12.2 Å². The highest BCUT2D eigenvalue weighted by Gasteiger charge is 2.20. The molecule has 0 saturated carbocycles. The molecular formula is C19H20N4O3S. The summed E-state index contributed by atoms with van der Waals surface area (Å²) in [5.41, 5.74) is 2.34. The number of nitrogens with one attached hydrogen (secondary N) is 1. The quantitative estimate of drug-likeness (QED) is 0.675. The predicted octanol–water partition coefficient (Wildman–Crippen LogP) is 1.95. The fraction of sp³-hybridized carbons (Fsp3) is 0.158. The average Bonchev–Trinajstić information content (AvgIpc) is 3.19. The number of carbonyl (C=O) groups excluding carboxylic acids is 1. The minimum absolute atomic E-state index is 0.268. The SMILES string of the molecule is CS(=O)(=O)N(CC(=O)NCc1ccc(-n2ccnc2)cc1)c1ccccc1. The van der Waals surface area contributed by atoms with Crippen LogP contribution in [0.1, 0.15) is 5.56 Å². The van der Waals surface area contributed by atoms with E-state index in [4.69, 9.17) is 0 Å². The summed E-state index contributed by atoms with van der Waals surface area (Å²) in [4.78, 5) is 16.3. The molecule has 7 nitrogen and oxygen atoms in total. The molecule has 0 bridgehead atoms. The van der Waals surface area contributed by atoms with Gasteiger partial charge in [0.2, 0.25) is 15.9 Å². The minimum Gasteiger partial charge on any atom is -0.350 e. The van der Waals surface area contributed by atoms with Crippen LogP contribution >= 0.6 is 0 Å². The molecule has 0 spiro atoms. The molecule has 1 heterocycles. The summed E-state index contributed by atoms with van der Waals surface area (Å²) in [7, 11) is -3.56. The molecule has 0 aliphatic carbocycles. The molecule has 0 unspecified atom stereocenters. The number of hydrogen-bond acceptors (Lipinski definition) is 4. The van der Waals surface area contributed by atoms with Gasteiger partial charge in [0.05, 0.1) is 18.3 Å². The van der Waals surface area contributed by atoms with Gasteiger partial charge in [-0.15, -0.1) is 0 Å². The third-order valence-corrected chi connectivity index (χ3v) is 5.10. The number of aromatic nitrogens is 2. The maximum atomic E-state index is 12.3. The van der Waals surface area contributed by atoms with Crippen LogP contribution in [-0.4, -0.2) is 36.7 Å². The molecule has 0 fully saturated rings. The molecular weight excluding hydrogens is 364 g/mol. The van der Waals surface area contributed by atoms with Crippen LogP contribution in [0.4, 0.5) is 5.69 Å². The third-order valence-electron chi connectivity index (χ3n) is 3.96. The van der Waals surface area contributed by atoms with E-state index in [-0.39, 0.29) is 12.5 Å². The lowest BCUT2D eigenvalue weighted by molar-refractivity contribution is -0.119. The first-order chi connectivity index (χ1) is 12.9. The van der Waals surface area contributed by atoms with Crippen molar-refractivity contribution in [3.63, 3.8) is 0 Å². The van der Waals surface area contributed by atoms with Gasteiger partial charge >= 0.3 is 0 Å². The second kappa shape index (κ2) is 8.05. The Morgan fingerprint density at radius 2 is 1.81 bits per heavy atom. The molecule has 0 atom stereocenters. The smallest absolute Gasteiger partial charge is 0.241 e. The third kappa shape index (κ3) is 4.95. The van der Waals surface area contributed by atoms with E-state index in [1.165, 1.54) is 0 Å². The van der Waals surface area contributed by atoms with Crippen LogP contribution in [0.3, 0.4) is 0 Å². The zero-order valence-electron chi connectivity index (χ0n) is 14.8. The van der Waals surface area contributed by atoms with E-state index in [9.17, 15) is 13.2 Å². The number of rotatable bonds is 7. The summed E-state index contributed by atoms with van der Waals surface area (Å²) in [6.07, 6.45) is 6.34. The molecule has 0 aliphatic heterocycles. The Morgan fingerprint density at radius 3 is 2.41 bits per heavy atom. The van der Waals surface area contributed by atoms with Crippen molar-refractivity contribution in [3.8, 4) is 5.69 Å². The Bertz CT molecular complexity index is 985. The fourth-order valence-electron chi connectivity index (χ4n) is 2.58. The van der Waals surface area contributed by atoms with Crippen molar-refractivity contribution >= 4 is 21.6 Å². The average molecular weight is 384 g/mol. The van der Waals surface area contributed by atoms with Gasteiger partial charge in [-0.3, -0.25) is 9.10 Å². The Morgan fingerprint density at radius 1 is 1.11 bits per heavy atom. The summed E-state index contributed by atoms with van der Waals surface area (Å²) in [6.45, 7) is 0.0470. The molecule has 1 aromatic heterocycles. The van der Waals surface area contributed by atoms with Crippen molar-refractivity contribution < 1.29 is 13.2 Å². The topological polar surface area (TPSA) is 84.3 Å². The first kappa shape index (κ1) is 18.7. The number of anilines is 1. The zero-order chi connectivity index (χ0) is 19.3. The highest BCUT2D eigenvalue weighted by atomic mass is 32.2. The maximum absolute atomic E-state index is 12.3. The van der Waals surface area contributed by atoms with E-state index < -0.39 is 10.0 Å².